The summed E-state index contributed by atoms with van der Waals surface area (Å²) in [4.78, 5) is 1.95. The first-order chi connectivity index (χ1) is 8.44. The van der Waals surface area contributed by atoms with Gasteiger partial charge < -0.3 is 10.6 Å². The number of alkyl halides is 3. The summed E-state index contributed by atoms with van der Waals surface area (Å²) in [5.74, 6) is -0.408. The Hall–Kier alpha value is -1.23. The van der Waals surface area contributed by atoms with Crippen LogP contribution in [0.25, 0.3) is 0 Å². The Kier molecular flexibility index (Phi) is 3.80. The standard InChI is InChI=1S/C13H17F3N2/c14-13(15,16)7-10-6-11(17)9-18(8-10)12-4-2-1-3-5-12/h1-5,10-11H,6-9,17H2. The van der Waals surface area contributed by atoms with E-state index in [1.807, 2.05) is 35.2 Å². The van der Waals surface area contributed by atoms with Gasteiger partial charge in [0.25, 0.3) is 0 Å². The molecule has 0 radical (unpaired) electrons. The highest BCUT2D eigenvalue weighted by Crippen LogP contribution is 2.31. The average molecular weight is 258 g/mol. The number of benzene rings is 1. The van der Waals surface area contributed by atoms with Gasteiger partial charge in [-0.2, -0.15) is 13.2 Å². The smallest absolute Gasteiger partial charge is 0.370 e. The molecule has 0 saturated carbocycles. The summed E-state index contributed by atoms with van der Waals surface area (Å²) in [5, 5.41) is 0. The van der Waals surface area contributed by atoms with Crippen LogP contribution in [0, 0.1) is 5.92 Å². The number of halogens is 3. The predicted octanol–water partition coefficient (Wildman–Crippen LogP) is 2.79. The van der Waals surface area contributed by atoms with Gasteiger partial charge >= 0.3 is 6.18 Å². The summed E-state index contributed by atoms with van der Waals surface area (Å²) < 4.78 is 37.3. The number of anilines is 1. The van der Waals surface area contributed by atoms with Crippen molar-refractivity contribution in [2.75, 3.05) is 18.0 Å². The highest BCUT2D eigenvalue weighted by Gasteiger charge is 2.35. The minimum atomic E-state index is -4.11. The molecule has 2 rings (SSSR count). The van der Waals surface area contributed by atoms with Crippen molar-refractivity contribution in [1.29, 1.82) is 0 Å². The van der Waals surface area contributed by atoms with Gasteiger partial charge in [-0.25, -0.2) is 0 Å². The second-order valence-electron chi connectivity index (χ2n) is 4.92. The summed E-state index contributed by atoms with van der Waals surface area (Å²) in [6.07, 6.45) is -4.41. The molecule has 0 aliphatic carbocycles. The third-order valence-electron chi connectivity index (χ3n) is 3.21. The molecule has 1 aliphatic heterocycles. The first kappa shape index (κ1) is 13.2. The molecule has 2 unspecified atom stereocenters. The van der Waals surface area contributed by atoms with Crippen molar-refractivity contribution in [3.63, 3.8) is 0 Å². The molecule has 5 heteroatoms. The van der Waals surface area contributed by atoms with Gasteiger partial charge in [-0.1, -0.05) is 18.2 Å². The zero-order chi connectivity index (χ0) is 13.2. The lowest BCUT2D eigenvalue weighted by molar-refractivity contribution is -0.145. The molecule has 2 N–H and O–H groups in total. The number of para-hydroxylation sites is 1. The van der Waals surface area contributed by atoms with Crippen LogP contribution in [0.5, 0.6) is 0 Å². The zero-order valence-electron chi connectivity index (χ0n) is 10.0. The van der Waals surface area contributed by atoms with Crippen LogP contribution in [0.15, 0.2) is 30.3 Å². The van der Waals surface area contributed by atoms with E-state index in [9.17, 15) is 13.2 Å². The molecule has 0 aromatic heterocycles. The van der Waals surface area contributed by atoms with Crippen LogP contribution in [0.3, 0.4) is 0 Å². The molecule has 1 aromatic carbocycles. The van der Waals surface area contributed by atoms with Crippen molar-refractivity contribution in [3.8, 4) is 0 Å². The monoisotopic (exact) mass is 258 g/mol. The largest absolute Gasteiger partial charge is 0.389 e. The van der Waals surface area contributed by atoms with E-state index in [-0.39, 0.29) is 6.04 Å². The maximum Gasteiger partial charge on any atom is 0.389 e. The molecule has 1 aromatic rings. The van der Waals surface area contributed by atoms with Crippen molar-refractivity contribution in [2.45, 2.75) is 25.1 Å². The summed E-state index contributed by atoms with van der Waals surface area (Å²) in [6.45, 7) is 1.05. The number of nitrogens with two attached hydrogens (primary N) is 1. The van der Waals surface area contributed by atoms with Crippen LogP contribution in [0.1, 0.15) is 12.8 Å². The van der Waals surface area contributed by atoms with Crippen LogP contribution in [-0.4, -0.2) is 25.3 Å². The van der Waals surface area contributed by atoms with E-state index in [1.165, 1.54) is 0 Å². The number of piperidine rings is 1. The van der Waals surface area contributed by atoms with Crippen molar-refractivity contribution < 1.29 is 13.2 Å². The minimum Gasteiger partial charge on any atom is -0.370 e. The van der Waals surface area contributed by atoms with Crippen LogP contribution < -0.4 is 10.6 Å². The Morgan fingerprint density at radius 3 is 2.44 bits per heavy atom. The third kappa shape index (κ3) is 3.63. The SMILES string of the molecule is NC1CC(CC(F)(F)F)CN(c2ccccc2)C1. The lowest BCUT2D eigenvalue weighted by Crippen LogP contribution is -2.48. The number of hydrogen-bond acceptors (Lipinski definition) is 2. The fraction of sp³-hybridized carbons (Fsp3) is 0.538. The first-order valence-electron chi connectivity index (χ1n) is 6.06. The second kappa shape index (κ2) is 5.18. The lowest BCUT2D eigenvalue weighted by Gasteiger charge is -2.38. The Bertz CT molecular complexity index is 378. The quantitative estimate of drug-likeness (QED) is 0.883. The van der Waals surface area contributed by atoms with E-state index < -0.39 is 18.5 Å². The normalized spacial score (nSPS) is 25.2. The molecule has 1 saturated heterocycles. The van der Waals surface area contributed by atoms with Gasteiger partial charge in [-0.15, -0.1) is 0 Å². The molecule has 0 spiro atoms. The van der Waals surface area contributed by atoms with Crippen LogP contribution in [-0.2, 0) is 0 Å². The molecule has 1 aliphatic rings. The molecule has 0 bridgehead atoms. The van der Waals surface area contributed by atoms with Gasteiger partial charge in [-0.3, -0.25) is 0 Å². The fourth-order valence-corrected chi connectivity index (χ4v) is 2.57. The van der Waals surface area contributed by atoms with E-state index >= 15 is 0 Å². The molecule has 2 atom stereocenters. The topological polar surface area (TPSA) is 29.3 Å². The van der Waals surface area contributed by atoms with Gasteiger partial charge in [-0.05, 0) is 24.5 Å². The van der Waals surface area contributed by atoms with E-state index in [1.54, 1.807) is 0 Å². The van der Waals surface area contributed by atoms with E-state index in [0.29, 0.717) is 19.5 Å². The van der Waals surface area contributed by atoms with Crippen LogP contribution in [0.4, 0.5) is 18.9 Å². The summed E-state index contributed by atoms with van der Waals surface area (Å²) >= 11 is 0. The van der Waals surface area contributed by atoms with E-state index in [2.05, 4.69) is 0 Å². The summed E-state index contributed by atoms with van der Waals surface area (Å²) in [7, 11) is 0. The molecule has 100 valence electrons. The van der Waals surface area contributed by atoms with Gasteiger partial charge in [0.05, 0.1) is 0 Å². The number of nitrogens with zero attached hydrogens (tertiary/aromatic N) is 1. The van der Waals surface area contributed by atoms with Gasteiger partial charge in [0, 0.05) is 31.2 Å². The predicted molar refractivity (Wildman–Crippen MR) is 65.4 cm³/mol. The second-order valence-corrected chi connectivity index (χ2v) is 4.92. The molecule has 1 heterocycles. The fourth-order valence-electron chi connectivity index (χ4n) is 2.57. The molecule has 18 heavy (non-hydrogen) atoms. The van der Waals surface area contributed by atoms with Crippen molar-refractivity contribution >= 4 is 5.69 Å². The highest BCUT2D eigenvalue weighted by molar-refractivity contribution is 5.46. The van der Waals surface area contributed by atoms with Crippen molar-refractivity contribution in [2.24, 2.45) is 11.7 Å². The lowest BCUT2D eigenvalue weighted by atomic mass is 9.91. The number of hydrogen-bond donors (Lipinski definition) is 1. The van der Waals surface area contributed by atoms with Crippen molar-refractivity contribution in [1.82, 2.24) is 0 Å². The minimum absolute atomic E-state index is 0.189. The molecule has 2 nitrogen and oxygen atoms in total. The molecular formula is C13H17F3N2. The summed E-state index contributed by atoms with van der Waals surface area (Å²) in [6, 6.07) is 9.28. The van der Waals surface area contributed by atoms with E-state index in [4.69, 9.17) is 5.73 Å². The highest BCUT2D eigenvalue weighted by atomic mass is 19.4. The Balaban J connectivity index is 2.05. The Morgan fingerprint density at radius 2 is 1.83 bits per heavy atom. The third-order valence-corrected chi connectivity index (χ3v) is 3.21. The van der Waals surface area contributed by atoms with Gasteiger partial charge in [0.1, 0.15) is 0 Å². The average Bonchev–Trinajstić information content (AvgIpc) is 2.27. The molecule has 1 fully saturated rings. The van der Waals surface area contributed by atoms with Crippen LogP contribution >= 0.6 is 0 Å². The van der Waals surface area contributed by atoms with Gasteiger partial charge in [0.2, 0.25) is 0 Å². The Morgan fingerprint density at radius 1 is 1.17 bits per heavy atom. The first-order valence-corrected chi connectivity index (χ1v) is 6.06. The Labute approximate surface area is 105 Å². The van der Waals surface area contributed by atoms with Crippen molar-refractivity contribution in [3.05, 3.63) is 30.3 Å². The van der Waals surface area contributed by atoms with Crippen LogP contribution in [0.2, 0.25) is 0 Å². The van der Waals surface area contributed by atoms with E-state index in [0.717, 1.165) is 5.69 Å². The summed E-state index contributed by atoms with van der Waals surface area (Å²) in [5.41, 5.74) is 6.81. The molecule has 0 amide bonds. The maximum atomic E-state index is 12.4. The molecular weight excluding hydrogens is 241 g/mol. The van der Waals surface area contributed by atoms with Gasteiger partial charge in [0.15, 0.2) is 0 Å². The zero-order valence-corrected chi connectivity index (χ0v) is 10.0. The maximum absolute atomic E-state index is 12.4. The number of rotatable bonds is 2.